The fourth-order valence-corrected chi connectivity index (χ4v) is 2.92. The van der Waals surface area contributed by atoms with Gasteiger partial charge < -0.3 is 15.0 Å². The molecular formula is C21H22N2O4. The van der Waals surface area contributed by atoms with Crippen molar-refractivity contribution >= 4 is 23.3 Å². The van der Waals surface area contributed by atoms with Crippen LogP contribution in [0.2, 0.25) is 0 Å². The zero-order chi connectivity index (χ0) is 19.2. The first-order valence-electron chi connectivity index (χ1n) is 8.93. The van der Waals surface area contributed by atoms with E-state index in [-0.39, 0.29) is 24.2 Å². The summed E-state index contributed by atoms with van der Waals surface area (Å²) in [6, 6.07) is 14.3. The number of ether oxygens (including phenoxy) is 1. The summed E-state index contributed by atoms with van der Waals surface area (Å²) in [7, 11) is 0. The average Bonchev–Trinajstić information content (AvgIpc) is 3.11. The van der Waals surface area contributed by atoms with Gasteiger partial charge in [0.1, 0.15) is 5.75 Å². The minimum atomic E-state index is -0.248. The number of benzene rings is 2. The molecule has 27 heavy (non-hydrogen) atoms. The fourth-order valence-electron chi connectivity index (χ4n) is 2.92. The molecule has 0 saturated carbocycles. The molecule has 6 nitrogen and oxygen atoms in total. The largest absolute Gasteiger partial charge is 0.484 e. The van der Waals surface area contributed by atoms with Crippen LogP contribution in [0.1, 0.15) is 35.7 Å². The molecule has 1 aliphatic rings. The average molecular weight is 366 g/mol. The lowest BCUT2D eigenvalue weighted by molar-refractivity contribution is -0.123. The standard InChI is InChI=1S/C21H22N2O4/c1-15(24)17-4-2-5-19(12-17)27-14-20(25)22-13-16-7-9-18(10-8-16)23-11-3-6-21(23)26/h2,4-5,7-10,12H,3,6,11,13-14H2,1H3,(H,22,25). The van der Waals surface area contributed by atoms with E-state index in [4.69, 9.17) is 4.74 Å². The molecule has 0 aliphatic carbocycles. The Morgan fingerprint density at radius 2 is 1.93 bits per heavy atom. The van der Waals surface area contributed by atoms with Gasteiger partial charge in [-0.05, 0) is 43.2 Å². The SMILES string of the molecule is CC(=O)c1cccc(OCC(=O)NCc2ccc(N3CCCC3=O)cc2)c1. The third kappa shape index (κ3) is 4.94. The van der Waals surface area contributed by atoms with Crippen LogP contribution in [0, 0.1) is 0 Å². The van der Waals surface area contributed by atoms with Crippen molar-refractivity contribution in [1.29, 1.82) is 0 Å². The maximum absolute atomic E-state index is 12.0. The van der Waals surface area contributed by atoms with Gasteiger partial charge in [-0.15, -0.1) is 0 Å². The molecule has 0 atom stereocenters. The molecule has 3 rings (SSSR count). The van der Waals surface area contributed by atoms with E-state index in [0.717, 1.165) is 24.2 Å². The predicted octanol–water partition coefficient (Wildman–Crippen LogP) is 2.71. The zero-order valence-electron chi connectivity index (χ0n) is 15.2. The van der Waals surface area contributed by atoms with Crippen molar-refractivity contribution < 1.29 is 19.1 Å². The second kappa shape index (κ2) is 8.49. The molecule has 0 aromatic heterocycles. The molecule has 0 radical (unpaired) electrons. The fraction of sp³-hybridized carbons (Fsp3) is 0.286. The summed E-state index contributed by atoms with van der Waals surface area (Å²) in [5, 5.41) is 2.79. The number of carbonyl (C=O) groups is 3. The lowest BCUT2D eigenvalue weighted by Gasteiger charge is -2.16. The number of rotatable bonds is 7. The number of nitrogens with one attached hydrogen (secondary N) is 1. The summed E-state index contributed by atoms with van der Waals surface area (Å²) in [5.74, 6) is 0.338. The van der Waals surface area contributed by atoms with Gasteiger partial charge in [-0.25, -0.2) is 0 Å². The minimum Gasteiger partial charge on any atom is -0.484 e. The van der Waals surface area contributed by atoms with Crippen molar-refractivity contribution in [3.05, 3.63) is 59.7 Å². The third-order valence-electron chi connectivity index (χ3n) is 4.42. The summed E-state index contributed by atoms with van der Waals surface area (Å²) < 4.78 is 5.44. The van der Waals surface area contributed by atoms with Crippen molar-refractivity contribution in [1.82, 2.24) is 5.32 Å². The van der Waals surface area contributed by atoms with Gasteiger partial charge >= 0.3 is 0 Å². The van der Waals surface area contributed by atoms with E-state index < -0.39 is 0 Å². The molecule has 1 aliphatic heterocycles. The lowest BCUT2D eigenvalue weighted by atomic mass is 10.1. The van der Waals surface area contributed by atoms with Crippen LogP contribution in [0.3, 0.4) is 0 Å². The Kier molecular flexibility index (Phi) is 5.86. The van der Waals surface area contributed by atoms with Crippen LogP contribution in [-0.4, -0.2) is 30.7 Å². The molecule has 6 heteroatoms. The van der Waals surface area contributed by atoms with Crippen molar-refractivity contribution in [3.8, 4) is 5.75 Å². The maximum Gasteiger partial charge on any atom is 0.258 e. The first-order valence-corrected chi connectivity index (χ1v) is 8.93. The number of anilines is 1. The summed E-state index contributed by atoms with van der Waals surface area (Å²) in [5.41, 5.74) is 2.38. The van der Waals surface area contributed by atoms with Crippen LogP contribution in [0.15, 0.2) is 48.5 Å². The van der Waals surface area contributed by atoms with Crippen molar-refractivity contribution in [2.24, 2.45) is 0 Å². The first-order chi connectivity index (χ1) is 13.0. The Hall–Kier alpha value is -3.15. The predicted molar refractivity (Wildman–Crippen MR) is 102 cm³/mol. The normalized spacial score (nSPS) is 13.5. The minimum absolute atomic E-state index is 0.0519. The van der Waals surface area contributed by atoms with Crippen LogP contribution in [0.4, 0.5) is 5.69 Å². The highest BCUT2D eigenvalue weighted by Crippen LogP contribution is 2.21. The molecular weight excluding hydrogens is 344 g/mol. The molecule has 0 unspecified atom stereocenters. The molecule has 2 aromatic carbocycles. The van der Waals surface area contributed by atoms with E-state index in [9.17, 15) is 14.4 Å². The van der Waals surface area contributed by atoms with E-state index >= 15 is 0 Å². The molecule has 1 N–H and O–H groups in total. The highest BCUT2D eigenvalue weighted by molar-refractivity contribution is 5.95. The van der Waals surface area contributed by atoms with Crippen LogP contribution in [0.25, 0.3) is 0 Å². The number of hydrogen-bond acceptors (Lipinski definition) is 4. The van der Waals surface area contributed by atoms with Crippen molar-refractivity contribution in [2.75, 3.05) is 18.1 Å². The van der Waals surface area contributed by atoms with Crippen LogP contribution in [-0.2, 0) is 16.1 Å². The van der Waals surface area contributed by atoms with E-state index in [0.29, 0.717) is 24.3 Å². The molecule has 1 heterocycles. The Morgan fingerprint density at radius 3 is 2.59 bits per heavy atom. The smallest absolute Gasteiger partial charge is 0.258 e. The van der Waals surface area contributed by atoms with Gasteiger partial charge in [0, 0.05) is 30.8 Å². The van der Waals surface area contributed by atoms with Gasteiger partial charge in [-0.1, -0.05) is 24.3 Å². The highest BCUT2D eigenvalue weighted by atomic mass is 16.5. The second-order valence-corrected chi connectivity index (χ2v) is 6.46. The van der Waals surface area contributed by atoms with Gasteiger partial charge in [0.15, 0.2) is 12.4 Å². The van der Waals surface area contributed by atoms with Gasteiger partial charge in [-0.2, -0.15) is 0 Å². The van der Waals surface area contributed by atoms with Gasteiger partial charge in [0.05, 0.1) is 0 Å². The number of Topliss-reactive ketones (excluding diaryl/α,β-unsaturated/α-hetero) is 1. The van der Waals surface area contributed by atoms with Crippen LogP contribution in [0.5, 0.6) is 5.75 Å². The number of amides is 2. The first kappa shape index (κ1) is 18.6. The summed E-state index contributed by atoms with van der Waals surface area (Å²) in [4.78, 5) is 36.9. The van der Waals surface area contributed by atoms with Gasteiger partial charge in [0.2, 0.25) is 5.91 Å². The molecule has 1 fully saturated rings. The Bertz CT molecular complexity index is 846. The van der Waals surface area contributed by atoms with Crippen molar-refractivity contribution in [3.63, 3.8) is 0 Å². The maximum atomic E-state index is 12.0. The van der Waals surface area contributed by atoms with Crippen LogP contribution >= 0.6 is 0 Å². The Labute approximate surface area is 158 Å². The summed E-state index contributed by atoms with van der Waals surface area (Å²) in [6.45, 7) is 2.50. The Morgan fingerprint density at radius 1 is 1.15 bits per heavy atom. The molecule has 2 amide bonds. The molecule has 0 spiro atoms. The van der Waals surface area contributed by atoms with Gasteiger partial charge in [-0.3, -0.25) is 14.4 Å². The number of nitrogens with zero attached hydrogens (tertiary/aromatic N) is 1. The number of hydrogen-bond donors (Lipinski definition) is 1. The zero-order valence-corrected chi connectivity index (χ0v) is 15.2. The molecule has 1 saturated heterocycles. The van der Waals surface area contributed by atoms with Crippen molar-refractivity contribution in [2.45, 2.75) is 26.3 Å². The summed E-state index contributed by atoms with van der Waals surface area (Å²) >= 11 is 0. The summed E-state index contributed by atoms with van der Waals surface area (Å²) in [6.07, 6.45) is 1.50. The molecule has 140 valence electrons. The Balaban J connectivity index is 1.47. The van der Waals surface area contributed by atoms with E-state index in [1.54, 1.807) is 29.2 Å². The number of ketones is 1. The molecule has 0 bridgehead atoms. The topological polar surface area (TPSA) is 75.7 Å². The second-order valence-electron chi connectivity index (χ2n) is 6.46. The van der Waals surface area contributed by atoms with E-state index in [2.05, 4.69) is 5.32 Å². The molecule has 2 aromatic rings. The van der Waals surface area contributed by atoms with E-state index in [1.807, 2.05) is 24.3 Å². The van der Waals surface area contributed by atoms with Crippen LogP contribution < -0.4 is 15.0 Å². The van der Waals surface area contributed by atoms with Gasteiger partial charge in [0.25, 0.3) is 5.91 Å². The monoisotopic (exact) mass is 366 g/mol. The highest BCUT2D eigenvalue weighted by Gasteiger charge is 2.21. The lowest BCUT2D eigenvalue weighted by Crippen LogP contribution is -2.28. The third-order valence-corrected chi connectivity index (χ3v) is 4.42. The quantitative estimate of drug-likeness (QED) is 0.765. The number of carbonyl (C=O) groups excluding carboxylic acids is 3. The van der Waals surface area contributed by atoms with E-state index in [1.165, 1.54) is 6.92 Å².